The number of ether oxygens (including phenoxy) is 1. The van der Waals surface area contributed by atoms with E-state index in [-0.39, 0.29) is 5.41 Å². The molecular formula is C15H28N2O2. The van der Waals surface area contributed by atoms with Crippen molar-refractivity contribution in [1.29, 1.82) is 0 Å². The lowest BCUT2D eigenvalue weighted by molar-refractivity contribution is -0.128. The van der Waals surface area contributed by atoms with Crippen molar-refractivity contribution in [1.82, 2.24) is 10.2 Å². The molecule has 4 heteroatoms. The number of hydrogen-bond donors (Lipinski definition) is 1. The molecule has 110 valence electrons. The normalized spacial score (nSPS) is 22.7. The van der Waals surface area contributed by atoms with Crippen LogP contribution in [0.3, 0.4) is 0 Å². The number of rotatable bonds is 6. The number of piperidine rings is 1. The summed E-state index contributed by atoms with van der Waals surface area (Å²) in [7, 11) is 0. The minimum absolute atomic E-state index is 0.264. The Balaban J connectivity index is 1.68. The number of likely N-dealkylation sites (tertiary alicyclic amines) is 1. The van der Waals surface area contributed by atoms with Crippen LogP contribution in [0.15, 0.2) is 0 Å². The fourth-order valence-corrected chi connectivity index (χ4v) is 3.07. The maximum atomic E-state index is 12.1. The van der Waals surface area contributed by atoms with Crippen molar-refractivity contribution < 1.29 is 9.53 Å². The van der Waals surface area contributed by atoms with E-state index in [4.69, 9.17) is 4.74 Å². The zero-order chi connectivity index (χ0) is 13.7. The zero-order valence-electron chi connectivity index (χ0n) is 12.4. The third kappa shape index (κ3) is 4.18. The quantitative estimate of drug-likeness (QED) is 0.745. The second kappa shape index (κ2) is 6.71. The highest BCUT2D eigenvalue weighted by atomic mass is 16.5. The summed E-state index contributed by atoms with van der Waals surface area (Å²) in [6.45, 7) is 9.75. The first-order valence-corrected chi connectivity index (χ1v) is 7.68. The molecule has 0 radical (unpaired) electrons. The first-order valence-electron chi connectivity index (χ1n) is 7.68. The highest BCUT2D eigenvalue weighted by Crippen LogP contribution is 2.39. The van der Waals surface area contributed by atoms with E-state index >= 15 is 0 Å². The predicted molar refractivity (Wildman–Crippen MR) is 76.0 cm³/mol. The highest BCUT2D eigenvalue weighted by molar-refractivity contribution is 5.79. The van der Waals surface area contributed by atoms with E-state index < -0.39 is 0 Å². The summed E-state index contributed by atoms with van der Waals surface area (Å²) in [6, 6.07) is 0. The lowest BCUT2D eigenvalue weighted by Gasteiger charge is -2.33. The van der Waals surface area contributed by atoms with Crippen molar-refractivity contribution in [3.8, 4) is 0 Å². The molecule has 0 aromatic carbocycles. The molecule has 0 atom stereocenters. The average molecular weight is 268 g/mol. The van der Waals surface area contributed by atoms with Crippen molar-refractivity contribution >= 4 is 5.91 Å². The van der Waals surface area contributed by atoms with Crippen molar-refractivity contribution in [3.05, 3.63) is 0 Å². The summed E-state index contributed by atoms with van der Waals surface area (Å²) in [5, 5.41) is 3.38. The molecule has 2 aliphatic rings. The van der Waals surface area contributed by atoms with E-state index in [0.717, 1.165) is 58.5 Å². The number of nitrogens with zero attached hydrogens (tertiary/aromatic N) is 1. The number of amides is 1. The molecule has 1 spiro atoms. The van der Waals surface area contributed by atoms with Gasteiger partial charge in [0.25, 0.3) is 0 Å². The molecule has 0 aromatic rings. The van der Waals surface area contributed by atoms with Gasteiger partial charge in [-0.05, 0) is 43.7 Å². The molecule has 2 rings (SSSR count). The topological polar surface area (TPSA) is 41.6 Å². The van der Waals surface area contributed by atoms with Crippen molar-refractivity contribution in [3.63, 3.8) is 0 Å². The molecule has 0 aromatic heterocycles. The van der Waals surface area contributed by atoms with Gasteiger partial charge in [0.2, 0.25) is 5.91 Å². The summed E-state index contributed by atoms with van der Waals surface area (Å²) >= 11 is 0. The first-order chi connectivity index (χ1) is 9.11. The molecule has 1 amide bonds. The summed E-state index contributed by atoms with van der Waals surface area (Å²) in [4.78, 5) is 14.1. The van der Waals surface area contributed by atoms with E-state index in [1.165, 1.54) is 0 Å². The van der Waals surface area contributed by atoms with Crippen LogP contribution in [0.1, 0.15) is 39.5 Å². The molecule has 2 heterocycles. The van der Waals surface area contributed by atoms with Crippen LogP contribution in [-0.2, 0) is 9.53 Å². The van der Waals surface area contributed by atoms with E-state index in [1.807, 2.05) is 4.90 Å². The minimum atomic E-state index is 0.264. The third-order valence-electron chi connectivity index (χ3n) is 4.41. The van der Waals surface area contributed by atoms with Gasteiger partial charge in [0, 0.05) is 26.1 Å². The van der Waals surface area contributed by atoms with Gasteiger partial charge < -0.3 is 15.0 Å². The Morgan fingerprint density at radius 2 is 2.05 bits per heavy atom. The molecule has 2 fully saturated rings. The molecule has 0 bridgehead atoms. The summed E-state index contributed by atoms with van der Waals surface area (Å²) in [5.74, 6) is 1.01. The van der Waals surface area contributed by atoms with Crippen LogP contribution < -0.4 is 5.32 Å². The SMILES string of the molecule is CC(C)CCOCCN1CC2(CCNCC2)CC1=O. The van der Waals surface area contributed by atoms with Crippen LogP contribution in [0.25, 0.3) is 0 Å². The van der Waals surface area contributed by atoms with Crippen molar-refractivity contribution in [2.24, 2.45) is 11.3 Å². The zero-order valence-corrected chi connectivity index (χ0v) is 12.4. The largest absolute Gasteiger partial charge is 0.380 e. The van der Waals surface area contributed by atoms with Gasteiger partial charge in [-0.25, -0.2) is 0 Å². The molecule has 0 saturated carbocycles. The van der Waals surface area contributed by atoms with Gasteiger partial charge in [0.1, 0.15) is 0 Å². The molecule has 1 N–H and O–H groups in total. The fraction of sp³-hybridized carbons (Fsp3) is 0.933. The van der Waals surface area contributed by atoms with Gasteiger partial charge in [0.05, 0.1) is 6.61 Å². The van der Waals surface area contributed by atoms with Gasteiger partial charge in [-0.1, -0.05) is 13.8 Å². The maximum Gasteiger partial charge on any atom is 0.223 e. The Morgan fingerprint density at radius 1 is 1.32 bits per heavy atom. The average Bonchev–Trinajstić information content (AvgIpc) is 2.66. The van der Waals surface area contributed by atoms with E-state index in [9.17, 15) is 4.79 Å². The smallest absolute Gasteiger partial charge is 0.223 e. The van der Waals surface area contributed by atoms with E-state index in [0.29, 0.717) is 18.4 Å². The first kappa shape index (κ1) is 14.8. The second-order valence-corrected chi connectivity index (χ2v) is 6.54. The van der Waals surface area contributed by atoms with Gasteiger partial charge >= 0.3 is 0 Å². The van der Waals surface area contributed by atoms with Crippen molar-refractivity contribution in [2.75, 3.05) is 39.4 Å². The minimum Gasteiger partial charge on any atom is -0.380 e. The Hall–Kier alpha value is -0.610. The third-order valence-corrected chi connectivity index (χ3v) is 4.41. The van der Waals surface area contributed by atoms with Crippen LogP contribution in [0.2, 0.25) is 0 Å². The lowest BCUT2D eigenvalue weighted by Crippen LogP contribution is -2.39. The molecule has 19 heavy (non-hydrogen) atoms. The second-order valence-electron chi connectivity index (χ2n) is 6.54. The fourth-order valence-electron chi connectivity index (χ4n) is 3.07. The lowest BCUT2D eigenvalue weighted by atomic mass is 9.78. The van der Waals surface area contributed by atoms with Gasteiger partial charge in [-0.3, -0.25) is 4.79 Å². The van der Waals surface area contributed by atoms with Crippen LogP contribution in [0.5, 0.6) is 0 Å². The summed E-state index contributed by atoms with van der Waals surface area (Å²) in [6.07, 6.45) is 4.14. The van der Waals surface area contributed by atoms with Gasteiger partial charge in [-0.15, -0.1) is 0 Å². The van der Waals surface area contributed by atoms with E-state index in [1.54, 1.807) is 0 Å². The standard InChI is InChI=1S/C15H28N2O2/c1-13(2)3-9-19-10-8-17-12-15(11-14(17)18)4-6-16-7-5-15/h13,16H,3-12H2,1-2H3. The Kier molecular flexibility index (Phi) is 5.22. The Bertz CT molecular complexity index is 299. The number of nitrogens with one attached hydrogen (secondary N) is 1. The maximum absolute atomic E-state index is 12.1. The van der Waals surface area contributed by atoms with Gasteiger partial charge in [0.15, 0.2) is 0 Å². The van der Waals surface area contributed by atoms with Crippen molar-refractivity contribution in [2.45, 2.75) is 39.5 Å². The molecular weight excluding hydrogens is 240 g/mol. The molecule has 2 aliphatic heterocycles. The highest BCUT2D eigenvalue weighted by Gasteiger charge is 2.43. The van der Waals surface area contributed by atoms with Crippen LogP contribution in [0.4, 0.5) is 0 Å². The Morgan fingerprint density at radius 3 is 2.74 bits per heavy atom. The summed E-state index contributed by atoms with van der Waals surface area (Å²) in [5.41, 5.74) is 0.264. The molecule has 2 saturated heterocycles. The molecule has 0 aliphatic carbocycles. The summed E-state index contributed by atoms with van der Waals surface area (Å²) < 4.78 is 5.62. The molecule has 0 unspecified atom stereocenters. The van der Waals surface area contributed by atoms with Crippen LogP contribution in [0, 0.1) is 11.3 Å². The predicted octanol–water partition coefficient (Wildman–Crippen LogP) is 1.65. The monoisotopic (exact) mass is 268 g/mol. The van der Waals surface area contributed by atoms with Crippen LogP contribution >= 0.6 is 0 Å². The van der Waals surface area contributed by atoms with Gasteiger partial charge in [-0.2, -0.15) is 0 Å². The Labute approximate surface area is 116 Å². The number of hydrogen-bond acceptors (Lipinski definition) is 3. The van der Waals surface area contributed by atoms with Crippen LogP contribution in [-0.4, -0.2) is 50.2 Å². The molecule has 4 nitrogen and oxygen atoms in total. The van der Waals surface area contributed by atoms with E-state index in [2.05, 4.69) is 19.2 Å². The number of carbonyl (C=O) groups is 1. The number of carbonyl (C=O) groups excluding carboxylic acids is 1.